The van der Waals surface area contributed by atoms with Gasteiger partial charge in [-0.25, -0.2) is 8.42 Å². The van der Waals surface area contributed by atoms with Crippen LogP contribution in [0.2, 0.25) is 0 Å². The smallest absolute Gasteiger partial charge is 0.748 e. The van der Waals surface area contributed by atoms with Crippen LogP contribution in [0.15, 0.2) is 12.8 Å². The second-order valence-electron chi connectivity index (χ2n) is 1.65. The van der Waals surface area contributed by atoms with Crippen molar-refractivity contribution in [2.75, 3.05) is 12.4 Å². The Balaban J connectivity index is 0. The van der Waals surface area contributed by atoms with Crippen LogP contribution in [0, 0.1) is 0 Å². The van der Waals surface area contributed by atoms with Gasteiger partial charge in [0.2, 0.25) is 0 Å². The molecule has 0 atom stereocenters. The molecule has 0 N–H and O–H groups in total. The molecule has 0 aromatic rings. The second-order valence-corrected chi connectivity index (χ2v) is 3.18. The maximum Gasteiger partial charge on any atom is 1.00 e. The Morgan fingerprint density at radius 2 is 2.09 bits per heavy atom. The fourth-order valence-electron chi connectivity index (χ4n) is 0.402. The molecule has 0 unspecified atom stereocenters. The second kappa shape index (κ2) is 6.74. The molecule has 0 amide bonds. The largest absolute Gasteiger partial charge is 1.00 e. The minimum absolute atomic E-state index is 0. The Hall–Kier alpha value is 0.0474. The fourth-order valence-corrected chi connectivity index (χ4v) is 0.874. The van der Waals surface area contributed by atoms with Crippen molar-refractivity contribution in [2.45, 2.75) is 6.42 Å². The minimum Gasteiger partial charge on any atom is -0.748 e. The van der Waals surface area contributed by atoms with Gasteiger partial charge in [-0.3, -0.25) is 0 Å². The Morgan fingerprint density at radius 1 is 1.55 bits per heavy atom. The predicted octanol–water partition coefficient (Wildman–Crippen LogP) is -2.91. The molecular formula is C5H9LiO4S. The van der Waals surface area contributed by atoms with E-state index in [-0.39, 0.29) is 37.6 Å². The van der Waals surface area contributed by atoms with Crippen molar-refractivity contribution in [3.63, 3.8) is 0 Å². The summed E-state index contributed by atoms with van der Waals surface area (Å²) in [6, 6.07) is 0. The van der Waals surface area contributed by atoms with E-state index in [1.807, 2.05) is 0 Å². The molecule has 60 valence electrons. The van der Waals surface area contributed by atoms with Gasteiger partial charge in [0, 0.05) is 5.75 Å². The Morgan fingerprint density at radius 3 is 2.45 bits per heavy atom. The van der Waals surface area contributed by atoms with E-state index in [0.29, 0.717) is 0 Å². The SMILES string of the molecule is C=COCCCS(=O)(=O)[O-].[Li+]. The van der Waals surface area contributed by atoms with Crippen molar-refractivity contribution in [1.29, 1.82) is 0 Å². The molecule has 0 aromatic carbocycles. The van der Waals surface area contributed by atoms with Gasteiger partial charge in [-0.05, 0) is 6.42 Å². The average Bonchev–Trinajstić information content (AvgIpc) is 1.78. The summed E-state index contributed by atoms with van der Waals surface area (Å²) in [6.45, 7) is 3.47. The molecule has 0 aromatic heterocycles. The molecule has 0 heterocycles. The predicted molar refractivity (Wildman–Crippen MR) is 35.3 cm³/mol. The van der Waals surface area contributed by atoms with Gasteiger partial charge in [0.1, 0.15) is 0 Å². The molecule has 0 saturated heterocycles. The first-order valence-electron chi connectivity index (χ1n) is 2.72. The van der Waals surface area contributed by atoms with Crippen LogP contribution < -0.4 is 18.9 Å². The summed E-state index contributed by atoms with van der Waals surface area (Å²) in [4.78, 5) is 0. The Bertz CT molecular complexity index is 187. The van der Waals surface area contributed by atoms with E-state index >= 15 is 0 Å². The normalized spacial score (nSPS) is 9.91. The first-order chi connectivity index (χ1) is 4.56. The molecule has 11 heavy (non-hydrogen) atoms. The molecule has 0 spiro atoms. The molecule has 0 fully saturated rings. The van der Waals surface area contributed by atoms with E-state index in [9.17, 15) is 13.0 Å². The minimum atomic E-state index is -4.07. The van der Waals surface area contributed by atoms with Crippen molar-refractivity contribution in [3.05, 3.63) is 12.8 Å². The average molecular weight is 172 g/mol. The number of hydrogen-bond donors (Lipinski definition) is 0. The molecular weight excluding hydrogens is 163 g/mol. The van der Waals surface area contributed by atoms with Crippen molar-refractivity contribution < 1.29 is 36.6 Å². The van der Waals surface area contributed by atoms with Crippen LogP contribution in [0.5, 0.6) is 0 Å². The molecule has 0 rings (SSSR count). The van der Waals surface area contributed by atoms with Crippen LogP contribution in [0.4, 0.5) is 0 Å². The summed E-state index contributed by atoms with van der Waals surface area (Å²) >= 11 is 0. The third-order valence-corrected chi connectivity index (χ3v) is 1.56. The van der Waals surface area contributed by atoms with Crippen LogP contribution in [-0.2, 0) is 14.9 Å². The van der Waals surface area contributed by atoms with Crippen molar-refractivity contribution in [1.82, 2.24) is 0 Å². The Kier molecular flexibility index (Phi) is 8.35. The van der Waals surface area contributed by atoms with Gasteiger partial charge in [-0.15, -0.1) is 0 Å². The van der Waals surface area contributed by atoms with Crippen LogP contribution in [-0.4, -0.2) is 25.3 Å². The molecule has 6 heteroatoms. The third-order valence-electron chi connectivity index (χ3n) is 0.774. The van der Waals surface area contributed by atoms with Crippen molar-refractivity contribution in [3.8, 4) is 0 Å². The maximum absolute atomic E-state index is 9.96. The van der Waals surface area contributed by atoms with Gasteiger partial charge in [0.15, 0.2) is 0 Å². The van der Waals surface area contributed by atoms with Gasteiger partial charge in [-0.1, -0.05) is 6.58 Å². The van der Waals surface area contributed by atoms with Gasteiger partial charge < -0.3 is 9.29 Å². The van der Waals surface area contributed by atoms with Gasteiger partial charge in [0.25, 0.3) is 0 Å². The van der Waals surface area contributed by atoms with Gasteiger partial charge in [-0.2, -0.15) is 0 Å². The number of ether oxygens (including phenoxy) is 1. The first kappa shape index (κ1) is 13.6. The zero-order valence-electron chi connectivity index (χ0n) is 6.45. The molecule has 0 aliphatic heterocycles. The van der Waals surface area contributed by atoms with Crippen LogP contribution >= 0.6 is 0 Å². The van der Waals surface area contributed by atoms with E-state index in [2.05, 4.69) is 11.3 Å². The quantitative estimate of drug-likeness (QED) is 0.193. The van der Waals surface area contributed by atoms with E-state index < -0.39 is 10.1 Å². The standard InChI is InChI=1S/C5H10O4S.Li/c1-2-9-4-3-5-10(6,7)8;/h2H,1,3-5H2,(H,6,7,8);/q;+1/p-1. The Labute approximate surface area is 78.5 Å². The monoisotopic (exact) mass is 172 g/mol. The van der Waals surface area contributed by atoms with Crippen LogP contribution in [0.1, 0.15) is 6.42 Å². The van der Waals surface area contributed by atoms with Crippen LogP contribution in [0.25, 0.3) is 0 Å². The molecule has 0 aliphatic rings. The topological polar surface area (TPSA) is 66.4 Å². The zero-order chi connectivity index (χ0) is 8.04. The summed E-state index contributed by atoms with van der Waals surface area (Å²) in [6.07, 6.45) is 1.43. The van der Waals surface area contributed by atoms with Gasteiger partial charge >= 0.3 is 18.9 Å². The molecule has 4 nitrogen and oxygen atoms in total. The van der Waals surface area contributed by atoms with Crippen molar-refractivity contribution >= 4 is 10.1 Å². The molecule has 0 aliphatic carbocycles. The fraction of sp³-hybridized carbons (Fsp3) is 0.600. The van der Waals surface area contributed by atoms with Crippen molar-refractivity contribution in [2.24, 2.45) is 0 Å². The third kappa shape index (κ3) is 13.1. The summed E-state index contributed by atoms with van der Waals surface area (Å²) in [5.74, 6) is -0.374. The van der Waals surface area contributed by atoms with E-state index in [0.717, 1.165) is 0 Å². The van der Waals surface area contributed by atoms with Crippen LogP contribution in [0.3, 0.4) is 0 Å². The zero-order valence-corrected chi connectivity index (χ0v) is 7.26. The summed E-state index contributed by atoms with van der Waals surface area (Å²) in [5, 5.41) is 0. The summed E-state index contributed by atoms with van der Waals surface area (Å²) in [5.41, 5.74) is 0. The summed E-state index contributed by atoms with van der Waals surface area (Å²) in [7, 11) is -4.07. The van der Waals surface area contributed by atoms with Gasteiger partial charge in [0.05, 0.1) is 23.0 Å². The molecule has 0 bridgehead atoms. The molecule has 0 radical (unpaired) electrons. The maximum atomic E-state index is 9.96. The van der Waals surface area contributed by atoms with E-state index in [4.69, 9.17) is 0 Å². The van der Waals surface area contributed by atoms with E-state index in [1.54, 1.807) is 0 Å². The molecule has 0 saturated carbocycles. The first-order valence-corrected chi connectivity index (χ1v) is 4.30. The number of hydrogen-bond acceptors (Lipinski definition) is 4. The van der Waals surface area contributed by atoms with E-state index in [1.165, 1.54) is 6.26 Å². The number of rotatable bonds is 5. The summed E-state index contributed by atoms with van der Waals surface area (Å²) < 4.78 is 34.5.